The van der Waals surface area contributed by atoms with Crippen LogP contribution in [0.4, 0.5) is 11.4 Å². The van der Waals surface area contributed by atoms with Gasteiger partial charge in [0, 0.05) is 11.3 Å². The molecule has 0 radical (unpaired) electrons. The fourth-order valence-electron chi connectivity index (χ4n) is 4.01. The lowest BCUT2D eigenvalue weighted by atomic mass is 10.0. The van der Waals surface area contributed by atoms with Crippen molar-refractivity contribution in [1.82, 2.24) is 4.90 Å². The van der Waals surface area contributed by atoms with Crippen molar-refractivity contribution in [3.8, 4) is 0 Å². The van der Waals surface area contributed by atoms with Crippen LogP contribution in [0.3, 0.4) is 0 Å². The molecule has 2 aromatic carbocycles. The number of aryl methyl sites for hydroxylation is 2. The van der Waals surface area contributed by atoms with E-state index in [4.69, 9.17) is 9.98 Å². The van der Waals surface area contributed by atoms with Crippen LogP contribution in [0.15, 0.2) is 52.4 Å². The molecule has 0 aliphatic carbocycles. The molecule has 2 aliphatic rings. The fraction of sp³-hybridized carbons (Fsp3) is 0.385. The third-order valence-electron chi connectivity index (χ3n) is 5.80. The van der Waals surface area contributed by atoms with E-state index in [9.17, 15) is 9.59 Å². The molecule has 0 saturated carbocycles. The van der Waals surface area contributed by atoms with Gasteiger partial charge >= 0.3 is 0 Å². The fourth-order valence-corrected chi connectivity index (χ4v) is 5.03. The summed E-state index contributed by atoms with van der Waals surface area (Å²) in [6.07, 6.45) is 1.29. The maximum atomic E-state index is 13.3. The number of anilines is 1. The minimum atomic E-state index is -0.416. The highest BCUT2D eigenvalue weighted by Crippen LogP contribution is 2.36. The monoisotopic (exact) mass is 462 g/mol. The van der Waals surface area contributed by atoms with E-state index in [2.05, 4.69) is 19.2 Å². The third kappa shape index (κ3) is 4.74. The van der Waals surface area contributed by atoms with Gasteiger partial charge in [0.1, 0.15) is 11.9 Å². The lowest BCUT2D eigenvalue weighted by Gasteiger charge is -2.27. The quantitative estimate of drug-likeness (QED) is 0.620. The van der Waals surface area contributed by atoms with Crippen molar-refractivity contribution in [3.63, 3.8) is 0 Å². The van der Waals surface area contributed by atoms with E-state index < -0.39 is 11.3 Å². The van der Waals surface area contributed by atoms with Crippen molar-refractivity contribution in [2.45, 2.75) is 58.8 Å². The van der Waals surface area contributed by atoms with Gasteiger partial charge < -0.3 is 5.32 Å². The van der Waals surface area contributed by atoms with Gasteiger partial charge in [-0.1, -0.05) is 56.8 Å². The van der Waals surface area contributed by atoms with Gasteiger partial charge in [-0.3, -0.25) is 14.6 Å². The molecule has 2 unspecified atom stereocenters. The van der Waals surface area contributed by atoms with Crippen molar-refractivity contribution >= 4 is 46.0 Å². The summed E-state index contributed by atoms with van der Waals surface area (Å²) in [5.41, 5.74) is 4.54. The van der Waals surface area contributed by atoms with E-state index >= 15 is 0 Å². The van der Waals surface area contributed by atoms with Gasteiger partial charge in [0.05, 0.1) is 10.9 Å². The van der Waals surface area contributed by atoms with Crippen molar-refractivity contribution in [1.29, 1.82) is 0 Å². The van der Waals surface area contributed by atoms with Gasteiger partial charge in [0.25, 0.3) is 5.91 Å². The minimum absolute atomic E-state index is 0.0655. The molecule has 1 N–H and O–H groups in total. The summed E-state index contributed by atoms with van der Waals surface area (Å²) < 4.78 is 0. The molecule has 33 heavy (non-hydrogen) atoms. The predicted molar refractivity (Wildman–Crippen MR) is 136 cm³/mol. The summed E-state index contributed by atoms with van der Waals surface area (Å²) in [7, 11) is 0. The highest BCUT2D eigenvalue weighted by Gasteiger charge is 2.42. The summed E-state index contributed by atoms with van der Waals surface area (Å²) in [4.78, 5) is 37.7. The molecule has 6 nitrogen and oxygen atoms in total. The van der Waals surface area contributed by atoms with Crippen LogP contribution >= 0.6 is 11.8 Å². The molecule has 0 fully saturated rings. The maximum Gasteiger partial charge on any atom is 0.259 e. The summed E-state index contributed by atoms with van der Waals surface area (Å²) in [6, 6.07) is 13.3. The Morgan fingerprint density at radius 2 is 1.94 bits per heavy atom. The van der Waals surface area contributed by atoms with Crippen LogP contribution in [0, 0.1) is 19.8 Å². The first-order valence-corrected chi connectivity index (χ1v) is 12.3. The van der Waals surface area contributed by atoms with Crippen molar-refractivity contribution in [2.75, 3.05) is 5.32 Å². The Bertz CT molecular complexity index is 1150. The Balaban J connectivity index is 1.62. The predicted octanol–water partition coefficient (Wildman–Crippen LogP) is 5.46. The number of rotatable bonds is 6. The SMILES string of the molecule is CCC(SC1=Nc2ccccc2C2=NC(CC(C)C)C(=O)N12)C(=O)Nc1cc(C)ccc1C. The van der Waals surface area contributed by atoms with E-state index in [1.807, 2.05) is 63.2 Å². The molecular formula is C26H30N4O2S. The molecule has 0 bridgehead atoms. The van der Waals surface area contributed by atoms with Crippen molar-refractivity contribution in [3.05, 3.63) is 59.2 Å². The normalized spacial score (nSPS) is 17.9. The van der Waals surface area contributed by atoms with Crippen LogP contribution < -0.4 is 5.32 Å². The molecule has 0 aromatic heterocycles. The van der Waals surface area contributed by atoms with Crippen LogP contribution in [-0.2, 0) is 9.59 Å². The summed E-state index contributed by atoms with van der Waals surface area (Å²) in [5.74, 6) is 0.828. The molecule has 4 rings (SSSR count). The number of para-hydroxylation sites is 1. The number of benzene rings is 2. The molecule has 0 spiro atoms. The second-order valence-electron chi connectivity index (χ2n) is 9.01. The number of nitrogens with zero attached hydrogens (tertiary/aromatic N) is 3. The van der Waals surface area contributed by atoms with Gasteiger partial charge in [-0.05, 0) is 61.9 Å². The zero-order valence-electron chi connectivity index (χ0n) is 19.8. The number of thioether (sulfide) groups is 1. The van der Waals surface area contributed by atoms with Crippen molar-refractivity contribution in [2.24, 2.45) is 15.9 Å². The molecule has 2 heterocycles. The molecule has 2 aliphatic heterocycles. The van der Waals surface area contributed by atoms with E-state index in [1.54, 1.807) is 4.90 Å². The summed E-state index contributed by atoms with van der Waals surface area (Å²) in [5, 5.41) is 3.19. The van der Waals surface area contributed by atoms with Crippen LogP contribution in [0.1, 0.15) is 50.3 Å². The topological polar surface area (TPSA) is 74.1 Å². The lowest BCUT2D eigenvalue weighted by Crippen LogP contribution is -2.42. The summed E-state index contributed by atoms with van der Waals surface area (Å²) in [6.45, 7) is 10.1. The number of nitrogens with one attached hydrogen (secondary N) is 1. The average Bonchev–Trinajstić information content (AvgIpc) is 3.10. The maximum absolute atomic E-state index is 13.3. The first-order chi connectivity index (χ1) is 15.8. The van der Waals surface area contributed by atoms with Crippen LogP contribution in [-0.4, -0.2) is 39.0 Å². The Morgan fingerprint density at radius 1 is 1.18 bits per heavy atom. The van der Waals surface area contributed by atoms with E-state index in [1.165, 1.54) is 11.8 Å². The number of aliphatic imine (C=N–C) groups is 2. The van der Waals surface area contributed by atoms with Crippen molar-refractivity contribution < 1.29 is 9.59 Å². The Morgan fingerprint density at radius 3 is 2.67 bits per heavy atom. The first kappa shape index (κ1) is 23.2. The van der Waals surface area contributed by atoms with Crippen LogP contribution in [0.25, 0.3) is 0 Å². The van der Waals surface area contributed by atoms with Gasteiger partial charge in [-0.25, -0.2) is 9.89 Å². The van der Waals surface area contributed by atoms with Gasteiger partial charge in [-0.2, -0.15) is 0 Å². The number of amidine groups is 2. The van der Waals surface area contributed by atoms with E-state index in [0.717, 1.165) is 28.1 Å². The second-order valence-corrected chi connectivity index (χ2v) is 10.2. The van der Waals surface area contributed by atoms with Gasteiger partial charge in [0.2, 0.25) is 5.91 Å². The van der Waals surface area contributed by atoms with Gasteiger partial charge in [-0.15, -0.1) is 0 Å². The number of fused-ring (bicyclic) bond motifs is 3. The Hall–Kier alpha value is -2.93. The molecule has 0 saturated heterocycles. The van der Waals surface area contributed by atoms with E-state index in [0.29, 0.717) is 29.8 Å². The Labute approximate surface area is 199 Å². The average molecular weight is 463 g/mol. The number of hydrogen-bond acceptors (Lipinski definition) is 5. The Kier molecular flexibility index (Phi) is 6.70. The standard InChI is InChI=1S/C26H30N4O2S/c1-6-22(24(31)28-20-14-16(4)11-12-17(20)5)33-26-29-19-10-8-7-9-18(19)23-27-21(13-15(2)3)25(32)30(23)26/h7-12,14-15,21-22H,6,13H2,1-5H3,(H,28,31). The van der Waals surface area contributed by atoms with Crippen LogP contribution in [0.5, 0.6) is 0 Å². The molecule has 7 heteroatoms. The molecule has 2 aromatic rings. The number of amides is 2. The number of hydrogen-bond donors (Lipinski definition) is 1. The van der Waals surface area contributed by atoms with Crippen LogP contribution in [0.2, 0.25) is 0 Å². The molecule has 172 valence electrons. The van der Waals surface area contributed by atoms with E-state index in [-0.39, 0.29) is 11.8 Å². The third-order valence-corrected chi connectivity index (χ3v) is 7.12. The highest BCUT2D eigenvalue weighted by molar-refractivity contribution is 8.15. The second kappa shape index (κ2) is 9.51. The lowest BCUT2D eigenvalue weighted by molar-refractivity contribution is -0.125. The largest absolute Gasteiger partial charge is 0.325 e. The zero-order chi connectivity index (χ0) is 23.7. The smallest absolute Gasteiger partial charge is 0.259 e. The molecule has 2 amide bonds. The number of carbonyl (C=O) groups excluding carboxylic acids is 2. The molecule has 2 atom stereocenters. The molecular weight excluding hydrogens is 432 g/mol. The summed E-state index contributed by atoms with van der Waals surface area (Å²) >= 11 is 1.33. The highest BCUT2D eigenvalue weighted by atomic mass is 32.2. The first-order valence-electron chi connectivity index (χ1n) is 11.4. The minimum Gasteiger partial charge on any atom is -0.325 e. The van der Waals surface area contributed by atoms with Gasteiger partial charge in [0.15, 0.2) is 5.17 Å². The zero-order valence-corrected chi connectivity index (χ0v) is 20.6. The number of carbonyl (C=O) groups is 2.